The number of rotatable bonds is 30. The summed E-state index contributed by atoms with van der Waals surface area (Å²) in [7, 11) is -3.91. The molecule has 0 spiro atoms. The first-order valence-electron chi connectivity index (χ1n) is 17.7. The third kappa shape index (κ3) is 24.0. The lowest BCUT2D eigenvalue weighted by Gasteiger charge is -2.24. The topological polar surface area (TPSA) is 44.8 Å². The molecule has 0 atom stereocenters. The smallest absolute Gasteiger partial charge is 0.391 e. The summed E-state index contributed by atoms with van der Waals surface area (Å²) in [6.45, 7) is 13.3. The zero-order valence-corrected chi connectivity index (χ0v) is 29.2. The van der Waals surface area contributed by atoms with E-state index in [1.807, 2.05) is 0 Å². The minimum atomic E-state index is -3.91. The van der Waals surface area contributed by atoms with Crippen LogP contribution in [-0.4, -0.2) is 0 Å². The average Bonchev–Trinajstić information content (AvgIpc) is 2.95. The highest BCUT2D eigenvalue weighted by molar-refractivity contribution is 7.48. The summed E-state index contributed by atoms with van der Waals surface area (Å²) in [6.07, 6.45) is 31.8. The van der Waals surface area contributed by atoms with E-state index in [2.05, 4.69) is 59.8 Å². The van der Waals surface area contributed by atoms with Crippen molar-refractivity contribution in [2.45, 2.75) is 196 Å². The summed E-state index contributed by atoms with van der Waals surface area (Å²) >= 11 is 0. The monoisotopic (exact) mass is 596 g/mol. The van der Waals surface area contributed by atoms with Crippen LogP contribution in [0.1, 0.15) is 196 Å². The van der Waals surface area contributed by atoms with Crippen LogP contribution in [0, 0.1) is 0 Å². The first kappa shape index (κ1) is 39.8. The van der Waals surface area contributed by atoms with Crippen LogP contribution in [0.2, 0.25) is 0 Å². The summed E-state index contributed by atoms with van der Waals surface area (Å²) in [5.41, 5.74) is 0. The Bertz CT molecular complexity index is 630. The second-order valence-corrected chi connectivity index (χ2v) is 13.0. The average molecular weight is 597 g/mol. The molecule has 5 heteroatoms. The Hall–Kier alpha value is -1.15. The molecular weight excluding hydrogens is 527 g/mol. The molecule has 0 saturated carbocycles. The number of hydrogen-bond acceptors (Lipinski definition) is 4. The van der Waals surface area contributed by atoms with Gasteiger partial charge in [0.1, 0.15) is 17.3 Å². The van der Waals surface area contributed by atoms with E-state index in [-0.39, 0.29) is 0 Å². The van der Waals surface area contributed by atoms with Gasteiger partial charge in [-0.15, -0.1) is 0 Å². The summed E-state index contributed by atoms with van der Waals surface area (Å²) in [4.78, 5) is 0. The van der Waals surface area contributed by atoms with E-state index in [1.165, 1.54) is 38.5 Å². The highest BCUT2D eigenvalue weighted by Crippen LogP contribution is 2.56. The predicted molar refractivity (Wildman–Crippen MR) is 180 cm³/mol. The molecule has 0 aromatic carbocycles. The molecule has 0 aliphatic rings. The van der Waals surface area contributed by atoms with Gasteiger partial charge in [0.05, 0.1) is 0 Å². The first-order chi connectivity index (χ1) is 20.0. The van der Waals surface area contributed by atoms with Gasteiger partial charge >= 0.3 is 7.82 Å². The van der Waals surface area contributed by atoms with E-state index >= 15 is 0 Å². The Labute approximate surface area is 256 Å². The van der Waals surface area contributed by atoms with Gasteiger partial charge in [0.25, 0.3) is 0 Å². The van der Waals surface area contributed by atoms with E-state index in [0.29, 0.717) is 0 Å². The minimum absolute atomic E-state index is 0.771. The first-order valence-corrected chi connectivity index (χ1v) is 19.2. The van der Waals surface area contributed by atoms with E-state index in [9.17, 15) is 4.57 Å². The lowest BCUT2D eigenvalue weighted by molar-refractivity contribution is 0.180. The Morgan fingerprint density at radius 1 is 0.415 bits per heavy atom. The van der Waals surface area contributed by atoms with Crippen molar-refractivity contribution in [2.24, 2.45) is 0 Å². The molecule has 41 heavy (non-hydrogen) atoms. The second kappa shape index (κ2) is 28.9. The molecule has 0 aromatic heterocycles. The second-order valence-electron chi connectivity index (χ2n) is 11.6. The molecule has 0 aromatic rings. The van der Waals surface area contributed by atoms with Crippen molar-refractivity contribution in [2.75, 3.05) is 0 Å². The van der Waals surface area contributed by atoms with Crippen molar-refractivity contribution < 1.29 is 18.1 Å². The van der Waals surface area contributed by atoms with Gasteiger partial charge in [-0.2, -0.15) is 4.57 Å². The third-order valence-electron chi connectivity index (χ3n) is 7.31. The van der Waals surface area contributed by atoms with Gasteiger partial charge in [-0.25, -0.2) is 0 Å². The SMILES string of the molecule is CCCCC/C=C(/CCCCC)OP(=O)(O/C(=C\CCCCC)CCCCC)O/C(=C\CCCCC)CCCCC. The molecule has 0 heterocycles. The van der Waals surface area contributed by atoms with Crippen molar-refractivity contribution in [1.82, 2.24) is 0 Å². The molecule has 4 nitrogen and oxygen atoms in total. The van der Waals surface area contributed by atoms with Crippen molar-refractivity contribution in [3.05, 3.63) is 35.5 Å². The molecular formula is C36H69O4P. The Balaban J connectivity index is 6.21. The van der Waals surface area contributed by atoms with Crippen LogP contribution in [0.3, 0.4) is 0 Å². The molecule has 0 aliphatic heterocycles. The largest absolute Gasteiger partial charge is 0.646 e. The van der Waals surface area contributed by atoms with Crippen LogP contribution in [0.4, 0.5) is 0 Å². The van der Waals surface area contributed by atoms with Crippen LogP contribution < -0.4 is 0 Å². The molecule has 242 valence electrons. The normalized spacial score (nSPS) is 13.1. The molecule has 0 aliphatic carbocycles. The molecule has 0 radical (unpaired) electrons. The van der Waals surface area contributed by atoms with Crippen molar-refractivity contribution in [3.8, 4) is 0 Å². The van der Waals surface area contributed by atoms with Crippen LogP contribution in [0.5, 0.6) is 0 Å². The molecule has 0 N–H and O–H groups in total. The summed E-state index contributed by atoms with van der Waals surface area (Å²) in [6, 6.07) is 0. The van der Waals surface area contributed by atoms with E-state index in [4.69, 9.17) is 13.6 Å². The highest BCUT2D eigenvalue weighted by atomic mass is 31.2. The zero-order valence-electron chi connectivity index (χ0n) is 28.3. The van der Waals surface area contributed by atoms with E-state index < -0.39 is 7.82 Å². The van der Waals surface area contributed by atoms with Gasteiger partial charge in [0.2, 0.25) is 0 Å². The Morgan fingerprint density at radius 2 is 0.659 bits per heavy atom. The summed E-state index contributed by atoms with van der Waals surface area (Å²) in [5.74, 6) is 2.32. The zero-order chi connectivity index (χ0) is 30.4. The summed E-state index contributed by atoms with van der Waals surface area (Å²) in [5, 5.41) is 0. The van der Waals surface area contributed by atoms with Gasteiger partial charge in [0.15, 0.2) is 0 Å². The van der Waals surface area contributed by atoms with Crippen molar-refractivity contribution in [3.63, 3.8) is 0 Å². The maximum Gasteiger partial charge on any atom is 0.646 e. The van der Waals surface area contributed by atoms with Crippen molar-refractivity contribution >= 4 is 7.82 Å². The lowest BCUT2D eigenvalue weighted by atomic mass is 10.1. The number of phosphoric ester groups is 1. The molecule has 0 unspecified atom stereocenters. The lowest BCUT2D eigenvalue weighted by Crippen LogP contribution is -2.03. The number of hydrogen-bond donors (Lipinski definition) is 0. The fraction of sp³-hybridized carbons (Fsp3) is 0.833. The van der Waals surface area contributed by atoms with Gasteiger partial charge in [-0.3, -0.25) is 0 Å². The molecule has 0 saturated heterocycles. The summed E-state index contributed by atoms with van der Waals surface area (Å²) < 4.78 is 33.8. The minimum Gasteiger partial charge on any atom is -0.391 e. The van der Waals surface area contributed by atoms with Gasteiger partial charge in [-0.05, 0) is 76.0 Å². The molecule has 0 bridgehead atoms. The number of allylic oxidation sites excluding steroid dienone is 6. The fourth-order valence-electron chi connectivity index (χ4n) is 4.66. The Morgan fingerprint density at radius 3 is 0.902 bits per heavy atom. The number of unbranched alkanes of at least 4 members (excludes halogenated alkanes) is 15. The van der Waals surface area contributed by atoms with Gasteiger partial charge < -0.3 is 13.6 Å². The van der Waals surface area contributed by atoms with Crippen LogP contribution in [0.25, 0.3) is 0 Å². The Kier molecular flexibility index (Phi) is 28.1. The number of phosphoric acid groups is 1. The highest BCUT2D eigenvalue weighted by Gasteiger charge is 2.35. The molecule has 0 fully saturated rings. The fourth-order valence-corrected chi connectivity index (χ4v) is 6.13. The third-order valence-corrected chi connectivity index (χ3v) is 8.68. The molecule has 0 rings (SSSR count). The maximum absolute atomic E-state index is 14.6. The van der Waals surface area contributed by atoms with Gasteiger partial charge in [0, 0.05) is 19.3 Å². The van der Waals surface area contributed by atoms with E-state index in [0.717, 1.165) is 133 Å². The predicted octanol–water partition coefficient (Wildman–Crippen LogP) is 14.3. The van der Waals surface area contributed by atoms with Crippen LogP contribution in [-0.2, 0) is 18.1 Å². The molecule has 0 amide bonds. The van der Waals surface area contributed by atoms with Crippen molar-refractivity contribution in [1.29, 1.82) is 0 Å². The van der Waals surface area contributed by atoms with Gasteiger partial charge in [-0.1, -0.05) is 119 Å². The van der Waals surface area contributed by atoms with Crippen LogP contribution >= 0.6 is 7.82 Å². The maximum atomic E-state index is 14.6. The van der Waals surface area contributed by atoms with E-state index in [1.54, 1.807) is 0 Å². The standard InChI is InChI=1S/C36H69O4P/c1-7-13-19-25-31-34(28-22-16-10-4)38-41(37,39-35(29-23-17-11-5)32-26-20-14-8-2)40-36(30-24-18-12-6)33-27-21-15-9-3/h31-33H,7-30H2,1-6H3/b34-31-,35-32-,36-33-. The van der Waals surface area contributed by atoms with Crippen LogP contribution in [0.15, 0.2) is 35.5 Å². The quantitative estimate of drug-likeness (QED) is 0.0470.